The van der Waals surface area contributed by atoms with Crippen molar-refractivity contribution in [3.8, 4) is 11.3 Å². The number of halogens is 4. The van der Waals surface area contributed by atoms with Gasteiger partial charge in [-0.05, 0) is 25.1 Å². The van der Waals surface area contributed by atoms with Crippen molar-refractivity contribution in [2.75, 3.05) is 0 Å². The van der Waals surface area contributed by atoms with Crippen molar-refractivity contribution in [2.24, 2.45) is 7.05 Å². The molecule has 0 fully saturated rings. The summed E-state index contributed by atoms with van der Waals surface area (Å²) in [4.78, 5) is 17.1. The van der Waals surface area contributed by atoms with Gasteiger partial charge in [0, 0.05) is 35.4 Å². The second-order valence-corrected chi connectivity index (χ2v) is 7.84. The van der Waals surface area contributed by atoms with Crippen molar-refractivity contribution < 1.29 is 18.0 Å². The first-order valence-corrected chi connectivity index (χ1v) is 9.92. The average molecular weight is 493 g/mol. The van der Waals surface area contributed by atoms with Gasteiger partial charge in [-0.25, -0.2) is 9.50 Å². The van der Waals surface area contributed by atoms with Crippen LogP contribution in [-0.2, 0) is 19.8 Å². The Hall–Kier alpha value is -3.21. The standard InChI is InChI=1S/C20H16BrF3N6O/c1-11-13(10-29(2)28-11)8-25-19(31)15-9-26-30-17(20(22,23)24)7-16(27-18(15)30)12-3-5-14(21)6-4-12/h3-7,9-10H,8H2,1-2H3,(H,25,31). The first kappa shape index (κ1) is 21.0. The molecule has 0 radical (unpaired) electrons. The third kappa shape index (κ3) is 4.18. The highest BCUT2D eigenvalue weighted by atomic mass is 79.9. The Bertz CT molecular complexity index is 1280. The molecule has 0 atom stereocenters. The second kappa shape index (κ2) is 7.80. The largest absolute Gasteiger partial charge is 0.433 e. The maximum atomic E-state index is 13.7. The Morgan fingerprint density at radius 1 is 1.23 bits per heavy atom. The maximum absolute atomic E-state index is 13.7. The highest BCUT2D eigenvalue weighted by Gasteiger charge is 2.36. The van der Waals surface area contributed by atoms with Crippen LogP contribution in [0.2, 0.25) is 0 Å². The van der Waals surface area contributed by atoms with Crippen LogP contribution in [0.25, 0.3) is 16.9 Å². The number of carbonyl (C=O) groups excluding carboxylic acids is 1. The average Bonchev–Trinajstić information content (AvgIpc) is 3.27. The van der Waals surface area contributed by atoms with Crippen LogP contribution in [0, 0.1) is 6.92 Å². The molecule has 0 aliphatic rings. The van der Waals surface area contributed by atoms with E-state index in [9.17, 15) is 18.0 Å². The molecule has 0 aliphatic carbocycles. The zero-order chi connectivity index (χ0) is 22.3. The van der Waals surface area contributed by atoms with E-state index in [1.807, 2.05) is 0 Å². The molecule has 3 heterocycles. The molecule has 11 heteroatoms. The van der Waals surface area contributed by atoms with Crippen molar-refractivity contribution >= 4 is 27.5 Å². The Labute approximate surface area is 183 Å². The minimum atomic E-state index is -4.68. The molecule has 4 rings (SSSR count). The van der Waals surface area contributed by atoms with Gasteiger partial charge in [0.15, 0.2) is 11.3 Å². The number of aromatic nitrogens is 5. The fraction of sp³-hybridized carbons (Fsp3) is 0.200. The van der Waals surface area contributed by atoms with E-state index in [1.165, 1.54) is 0 Å². The molecular formula is C20H16BrF3N6O. The monoisotopic (exact) mass is 492 g/mol. The van der Waals surface area contributed by atoms with Gasteiger partial charge in [0.1, 0.15) is 5.56 Å². The summed E-state index contributed by atoms with van der Waals surface area (Å²) in [5, 5.41) is 10.7. The molecular weight excluding hydrogens is 477 g/mol. The summed E-state index contributed by atoms with van der Waals surface area (Å²) in [7, 11) is 1.76. The molecule has 0 spiro atoms. The molecule has 1 aromatic carbocycles. The zero-order valence-electron chi connectivity index (χ0n) is 16.4. The number of nitrogens with zero attached hydrogens (tertiary/aromatic N) is 5. The summed E-state index contributed by atoms with van der Waals surface area (Å²) < 4.78 is 44.1. The van der Waals surface area contributed by atoms with E-state index in [0.29, 0.717) is 10.1 Å². The van der Waals surface area contributed by atoms with E-state index in [0.717, 1.165) is 28.0 Å². The van der Waals surface area contributed by atoms with Gasteiger partial charge in [-0.1, -0.05) is 28.1 Å². The van der Waals surface area contributed by atoms with Crippen LogP contribution in [0.5, 0.6) is 0 Å². The van der Waals surface area contributed by atoms with Crippen molar-refractivity contribution in [3.05, 3.63) is 69.7 Å². The quantitative estimate of drug-likeness (QED) is 0.464. The maximum Gasteiger partial charge on any atom is 0.433 e. The third-order valence-corrected chi connectivity index (χ3v) is 5.23. The molecule has 160 valence electrons. The Kier molecular flexibility index (Phi) is 5.29. The molecule has 7 nitrogen and oxygen atoms in total. The second-order valence-electron chi connectivity index (χ2n) is 6.92. The van der Waals surface area contributed by atoms with Crippen molar-refractivity contribution in [1.82, 2.24) is 29.7 Å². The third-order valence-electron chi connectivity index (χ3n) is 4.70. The molecule has 3 aromatic heterocycles. The smallest absolute Gasteiger partial charge is 0.348 e. The van der Waals surface area contributed by atoms with Crippen LogP contribution in [0.4, 0.5) is 13.2 Å². The summed E-state index contributed by atoms with van der Waals surface area (Å²) in [5.41, 5.74) is 0.876. The lowest BCUT2D eigenvalue weighted by Crippen LogP contribution is -2.23. The lowest BCUT2D eigenvalue weighted by Gasteiger charge is -2.12. The first-order valence-electron chi connectivity index (χ1n) is 9.12. The molecule has 1 N–H and O–H groups in total. The Morgan fingerprint density at radius 2 is 1.94 bits per heavy atom. The first-order chi connectivity index (χ1) is 14.6. The van der Waals surface area contributed by atoms with Crippen molar-refractivity contribution in [2.45, 2.75) is 19.6 Å². The minimum absolute atomic E-state index is 0.0500. The van der Waals surface area contributed by atoms with Gasteiger partial charge in [-0.3, -0.25) is 9.48 Å². The molecule has 1 amide bonds. The van der Waals surface area contributed by atoms with Gasteiger partial charge in [-0.2, -0.15) is 23.4 Å². The molecule has 0 saturated carbocycles. The zero-order valence-corrected chi connectivity index (χ0v) is 18.0. The number of nitrogens with one attached hydrogen (secondary N) is 1. The summed E-state index contributed by atoms with van der Waals surface area (Å²) in [6.45, 7) is 1.98. The number of hydrogen-bond donors (Lipinski definition) is 1. The number of fused-ring (bicyclic) bond motifs is 1. The summed E-state index contributed by atoms with van der Waals surface area (Å²) >= 11 is 3.30. The number of alkyl halides is 3. The van der Waals surface area contributed by atoms with Gasteiger partial charge >= 0.3 is 6.18 Å². The topological polar surface area (TPSA) is 77.1 Å². The van der Waals surface area contributed by atoms with Crippen LogP contribution in [-0.4, -0.2) is 30.3 Å². The van der Waals surface area contributed by atoms with Crippen molar-refractivity contribution in [1.29, 1.82) is 0 Å². The van der Waals surface area contributed by atoms with Crippen LogP contribution in [0.1, 0.15) is 27.3 Å². The van der Waals surface area contributed by atoms with E-state index in [4.69, 9.17) is 0 Å². The molecule has 0 aliphatic heterocycles. The molecule has 31 heavy (non-hydrogen) atoms. The summed E-state index contributed by atoms with van der Waals surface area (Å²) in [5.74, 6) is -0.577. The van der Waals surface area contributed by atoms with Gasteiger partial charge in [0.05, 0.1) is 17.6 Å². The molecule has 0 saturated heterocycles. The van der Waals surface area contributed by atoms with Crippen LogP contribution in [0.3, 0.4) is 0 Å². The van der Waals surface area contributed by atoms with E-state index < -0.39 is 17.8 Å². The van der Waals surface area contributed by atoms with Gasteiger partial charge in [-0.15, -0.1) is 0 Å². The number of carbonyl (C=O) groups is 1. The van der Waals surface area contributed by atoms with Gasteiger partial charge in [0.2, 0.25) is 0 Å². The number of rotatable bonds is 4. The lowest BCUT2D eigenvalue weighted by atomic mass is 10.1. The number of aryl methyl sites for hydroxylation is 2. The van der Waals surface area contributed by atoms with Gasteiger partial charge in [0.25, 0.3) is 5.91 Å². The summed E-state index contributed by atoms with van der Waals surface area (Å²) in [6.07, 6.45) is -1.83. The number of benzene rings is 1. The molecule has 0 unspecified atom stereocenters. The number of hydrogen-bond acceptors (Lipinski definition) is 4. The van der Waals surface area contributed by atoms with Crippen LogP contribution < -0.4 is 5.32 Å². The predicted molar refractivity (Wildman–Crippen MR) is 110 cm³/mol. The lowest BCUT2D eigenvalue weighted by molar-refractivity contribution is -0.142. The SMILES string of the molecule is Cc1nn(C)cc1CNC(=O)c1cnn2c(C(F)(F)F)cc(-c3ccc(Br)cc3)nc12. The normalized spacial score (nSPS) is 11.8. The van der Waals surface area contributed by atoms with E-state index in [2.05, 4.69) is 36.4 Å². The summed E-state index contributed by atoms with van der Waals surface area (Å²) in [6, 6.07) is 7.61. The van der Waals surface area contributed by atoms with Crippen LogP contribution >= 0.6 is 15.9 Å². The predicted octanol–water partition coefficient (Wildman–Crippen LogP) is 4.15. The fourth-order valence-corrected chi connectivity index (χ4v) is 3.45. The highest BCUT2D eigenvalue weighted by Crippen LogP contribution is 2.33. The Balaban J connectivity index is 1.75. The minimum Gasteiger partial charge on any atom is -0.348 e. The Morgan fingerprint density at radius 3 is 2.55 bits per heavy atom. The van der Waals surface area contributed by atoms with E-state index in [-0.39, 0.29) is 23.4 Å². The highest BCUT2D eigenvalue weighted by molar-refractivity contribution is 9.10. The van der Waals surface area contributed by atoms with E-state index in [1.54, 1.807) is 49.1 Å². The van der Waals surface area contributed by atoms with E-state index >= 15 is 0 Å². The van der Waals surface area contributed by atoms with Gasteiger partial charge < -0.3 is 5.32 Å². The van der Waals surface area contributed by atoms with Crippen molar-refractivity contribution in [3.63, 3.8) is 0 Å². The molecule has 0 bridgehead atoms. The number of amides is 1. The van der Waals surface area contributed by atoms with Crippen LogP contribution in [0.15, 0.2) is 47.2 Å². The fourth-order valence-electron chi connectivity index (χ4n) is 3.19. The molecule has 4 aromatic rings.